The van der Waals surface area contributed by atoms with Crippen molar-refractivity contribution in [3.8, 4) is 11.2 Å². The zero-order chi connectivity index (χ0) is 18.2. The van der Waals surface area contributed by atoms with Gasteiger partial charge >= 0.3 is 5.97 Å². The number of nitrogens with zero attached hydrogens (tertiary/aromatic N) is 1. The molecule has 25 heavy (non-hydrogen) atoms. The molecule has 0 radical (unpaired) electrons. The Labute approximate surface area is 150 Å². The summed E-state index contributed by atoms with van der Waals surface area (Å²) < 4.78 is 10.4. The van der Waals surface area contributed by atoms with Crippen LogP contribution in [0.3, 0.4) is 0 Å². The number of rotatable bonds is 7. The molecule has 2 atom stereocenters. The minimum atomic E-state index is -1.10. The highest BCUT2D eigenvalue weighted by molar-refractivity contribution is 8.04. The van der Waals surface area contributed by atoms with Crippen molar-refractivity contribution in [2.45, 2.75) is 18.3 Å². The summed E-state index contributed by atoms with van der Waals surface area (Å²) in [6, 6.07) is 15.6. The van der Waals surface area contributed by atoms with E-state index in [1.54, 1.807) is 36.4 Å². The first-order chi connectivity index (χ1) is 12.1. The number of carbonyl (C=O) groups excluding carboxylic acids is 2. The quantitative estimate of drug-likeness (QED) is 0.427. The van der Waals surface area contributed by atoms with Crippen LogP contribution < -0.4 is 4.74 Å². The van der Waals surface area contributed by atoms with Crippen molar-refractivity contribution >= 4 is 23.5 Å². The van der Waals surface area contributed by atoms with Gasteiger partial charge in [-0.25, -0.2) is 0 Å². The fourth-order valence-corrected chi connectivity index (χ4v) is 3.06. The summed E-state index contributed by atoms with van der Waals surface area (Å²) in [6.07, 6.45) is -1.10. The second-order valence-electron chi connectivity index (χ2n) is 5.16. The number of benzene rings is 2. The fourth-order valence-electron chi connectivity index (χ4n) is 2.36. The molecular weight excluding hydrogens is 338 g/mol. The monoisotopic (exact) mass is 355 g/mol. The van der Waals surface area contributed by atoms with Gasteiger partial charge in [0.25, 0.3) is 0 Å². The van der Waals surface area contributed by atoms with Crippen molar-refractivity contribution in [1.82, 2.24) is 0 Å². The number of hydrogen-bond donors (Lipinski definition) is 0. The van der Waals surface area contributed by atoms with Gasteiger partial charge in [0.1, 0.15) is 11.2 Å². The van der Waals surface area contributed by atoms with Crippen LogP contribution in [0.25, 0.3) is 0 Å². The Balaban J connectivity index is 2.39. The SMILES string of the molecule is COc1ccc(C(=O)[C@H](OC(C)=O)[C@H](SC#N)c2ccccc2)cc1. The molecule has 0 aliphatic heterocycles. The van der Waals surface area contributed by atoms with Crippen LogP contribution in [0.4, 0.5) is 0 Å². The molecule has 128 valence electrons. The summed E-state index contributed by atoms with van der Waals surface area (Å²) >= 11 is 0.893. The van der Waals surface area contributed by atoms with Gasteiger partial charge in [-0.05, 0) is 41.6 Å². The van der Waals surface area contributed by atoms with Crippen molar-refractivity contribution in [3.05, 3.63) is 65.7 Å². The van der Waals surface area contributed by atoms with E-state index in [0.717, 1.165) is 17.3 Å². The summed E-state index contributed by atoms with van der Waals surface area (Å²) in [4.78, 5) is 24.5. The number of ketones is 1. The van der Waals surface area contributed by atoms with E-state index >= 15 is 0 Å². The second kappa shape index (κ2) is 8.90. The minimum Gasteiger partial charge on any atom is -0.497 e. The first-order valence-corrected chi connectivity index (χ1v) is 8.40. The number of thioether (sulfide) groups is 1. The number of Topliss-reactive ketones (excluding diaryl/α,β-unsaturated/α-hetero) is 1. The third kappa shape index (κ3) is 4.85. The molecule has 0 amide bonds. The maximum absolute atomic E-state index is 12.9. The summed E-state index contributed by atoms with van der Waals surface area (Å²) in [7, 11) is 1.54. The lowest BCUT2D eigenvalue weighted by Gasteiger charge is -2.23. The van der Waals surface area contributed by atoms with Gasteiger partial charge in [0.15, 0.2) is 6.10 Å². The van der Waals surface area contributed by atoms with E-state index in [-0.39, 0.29) is 5.78 Å². The highest BCUT2D eigenvalue weighted by Crippen LogP contribution is 2.35. The van der Waals surface area contributed by atoms with Crippen molar-refractivity contribution in [2.75, 3.05) is 7.11 Å². The molecule has 2 aromatic rings. The third-order valence-corrected chi connectivity index (χ3v) is 4.39. The van der Waals surface area contributed by atoms with Gasteiger partial charge in [-0.3, -0.25) is 9.59 Å². The Kier molecular flexibility index (Phi) is 6.61. The van der Waals surface area contributed by atoms with Gasteiger partial charge < -0.3 is 9.47 Å². The number of nitriles is 1. The van der Waals surface area contributed by atoms with E-state index in [1.807, 2.05) is 23.6 Å². The molecule has 2 aromatic carbocycles. The number of esters is 1. The lowest BCUT2D eigenvalue weighted by molar-refractivity contribution is -0.144. The van der Waals surface area contributed by atoms with Crippen molar-refractivity contribution in [1.29, 1.82) is 5.26 Å². The van der Waals surface area contributed by atoms with Gasteiger partial charge in [-0.15, -0.1) is 0 Å². The molecule has 2 rings (SSSR count). The molecule has 0 aliphatic carbocycles. The van der Waals surface area contributed by atoms with Crippen LogP contribution in [-0.2, 0) is 9.53 Å². The van der Waals surface area contributed by atoms with Gasteiger partial charge in [0.2, 0.25) is 5.78 Å². The second-order valence-corrected chi connectivity index (χ2v) is 6.09. The molecule has 0 heterocycles. The molecule has 0 saturated carbocycles. The summed E-state index contributed by atoms with van der Waals surface area (Å²) in [5, 5.41) is 10.5. The number of methoxy groups -OCH3 is 1. The molecule has 0 unspecified atom stereocenters. The van der Waals surface area contributed by atoms with Crippen LogP contribution in [-0.4, -0.2) is 25.0 Å². The predicted octanol–water partition coefficient (Wildman–Crippen LogP) is 3.77. The molecule has 0 spiro atoms. The standard InChI is InChI=1S/C19H17NO4S/c1-13(21)24-18(17(22)14-8-10-16(23-2)11-9-14)19(25-12-20)15-6-4-3-5-7-15/h3-11,18-19H,1-2H3/t18-,19+/m0/s1. The van der Waals surface area contributed by atoms with Gasteiger partial charge in [0.05, 0.1) is 12.4 Å². The smallest absolute Gasteiger partial charge is 0.303 e. The normalized spacial score (nSPS) is 12.5. The van der Waals surface area contributed by atoms with Crippen molar-refractivity contribution in [3.63, 3.8) is 0 Å². The Morgan fingerprint density at radius 3 is 2.24 bits per heavy atom. The highest BCUT2D eigenvalue weighted by atomic mass is 32.2. The third-order valence-electron chi connectivity index (χ3n) is 3.51. The molecule has 0 bridgehead atoms. The van der Waals surface area contributed by atoms with Crippen LogP contribution >= 0.6 is 11.8 Å². The van der Waals surface area contributed by atoms with E-state index in [4.69, 9.17) is 14.7 Å². The Morgan fingerprint density at radius 2 is 1.72 bits per heavy atom. The molecule has 6 heteroatoms. The molecule has 5 nitrogen and oxygen atoms in total. The largest absolute Gasteiger partial charge is 0.497 e. The summed E-state index contributed by atoms with van der Waals surface area (Å²) in [5.74, 6) is -0.326. The van der Waals surface area contributed by atoms with Crippen LogP contribution in [0.1, 0.15) is 28.1 Å². The Bertz CT molecular complexity index is 768. The van der Waals surface area contributed by atoms with E-state index < -0.39 is 17.3 Å². The van der Waals surface area contributed by atoms with E-state index in [0.29, 0.717) is 11.3 Å². The zero-order valence-electron chi connectivity index (χ0n) is 13.8. The molecule has 0 aromatic heterocycles. The van der Waals surface area contributed by atoms with Crippen LogP contribution in [0.2, 0.25) is 0 Å². The van der Waals surface area contributed by atoms with Crippen LogP contribution in [0, 0.1) is 10.7 Å². The number of thiocyanates is 1. The molecular formula is C19H17NO4S. The molecule has 0 aliphatic rings. The fraction of sp³-hybridized carbons (Fsp3) is 0.211. The predicted molar refractivity (Wildman–Crippen MR) is 95.3 cm³/mol. The number of ether oxygens (including phenoxy) is 2. The zero-order valence-corrected chi connectivity index (χ0v) is 14.7. The Morgan fingerprint density at radius 1 is 1.08 bits per heavy atom. The maximum atomic E-state index is 12.9. The number of hydrogen-bond acceptors (Lipinski definition) is 6. The molecule has 0 fully saturated rings. The van der Waals surface area contributed by atoms with Crippen molar-refractivity contribution in [2.24, 2.45) is 0 Å². The number of carbonyl (C=O) groups is 2. The Hall–Kier alpha value is -2.78. The summed E-state index contributed by atoms with van der Waals surface area (Å²) in [5.41, 5.74) is 1.12. The topological polar surface area (TPSA) is 76.4 Å². The highest BCUT2D eigenvalue weighted by Gasteiger charge is 2.34. The van der Waals surface area contributed by atoms with Crippen molar-refractivity contribution < 1.29 is 19.1 Å². The average Bonchev–Trinajstić information content (AvgIpc) is 2.64. The average molecular weight is 355 g/mol. The van der Waals surface area contributed by atoms with Crippen LogP contribution in [0.5, 0.6) is 5.75 Å². The van der Waals surface area contributed by atoms with E-state index in [9.17, 15) is 9.59 Å². The lowest BCUT2D eigenvalue weighted by Crippen LogP contribution is -2.31. The first kappa shape index (κ1) is 18.6. The van der Waals surface area contributed by atoms with Gasteiger partial charge in [0, 0.05) is 12.5 Å². The lowest BCUT2D eigenvalue weighted by atomic mass is 9.99. The van der Waals surface area contributed by atoms with E-state index in [1.165, 1.54) is 14.0 Å². The molecule has 0 N–H and O–H groups in total. The first-order valence-electron chi connectivity index (χ1n) is 7.52. The van der Waals surface area contributed by atoms with Crippen LogP contribution in [0.15, 0.2) is 54.6 Å². The van der Waals surface area contributed by atoms with E-state index in [2.05, 4.69) is 0 Å². The summed E-state index contributed by atoms with van der Waals surface area (Å²) in [6.45, 7) is 1.24. The van der Waals surface area contributed by atoms with Gasteiger partial charge in [-0.1, -0.05) is 30.3 Å². The minimum absolute atomic E-state index is 0.366. The molecule has 0 saturated heterocycles. The van der Waals surface area contributed by atoms with Gasteiger partial charge in [-0.2, -0.15) is 5.26 Å². The maximum Gasteiger partial charge on any atom is 0.303 e.